The fourth-order valence-corrected chi connectivity index (χ4v) is 0.944. The SMILES string of the molecule is CCC=C(C)C(=O)OO[Si](C)(C)C. The normalized spacial score (nSPS) is 12.8. The van der Waals surface area contributed by atoms with Crippen LogP contribution in [0.25, 0.3) is 0 Å². The van der Waals surface area contributed by atoms with E-state index in [2.05, 4.69) is 4.89 Å². The highest BCUT2D eigenvalue weighted by Gasteiger charge is 2.19. The van der Waals surface area contributed by atoms with Gasteiger partial charge in [0.15, 0.2) is 0 Å². The summed E-state index contributed by atoms with van der Waals surface area (Å²) < 4.78 is 5.01. The van der Waals surface area contributed by atoms with Crippen molar-refractivity contribution in [1.82, 2.24) is 0 Å². The quantitative estimate of drug-likeness (QED) is 0.304. The van der Waals surface area contributed by atoms with Crippen molar-refractivity contribution in [3.05, 3.63) is 11.6 Å². The molecule has 0 saturated carbocycles. The molecule has 0 rings (SSSR count). The fourth-order valence-electron chi connectivity index (χ4n) is 0.618. The summed E-state index contributed by atoms with van der Waals surface area (Å²) in [6.07, 6.45) is 2.64. The summed E-state index contributed by atoms with van der Waals surface area (Å²) in [5.74, 6) is -0.385. The zero-order valence-corrected chi connectivity index (χ0v) is 10.0. The Bertz CT molecular complexity index is 203. The van der Waals surface area contributed by atoms with Crippen molar-refractivity contribution in [1.29, 1.82) is 0 Å². The van der Waals surface area contributed by atoms with Crippen LogP contribution in [0.5, 0.6) is 0 Å². The second-order valence-corrected chi connectivity index (χ2v) is 8.25. The summed E-state index contributed by atoms with van der Waals surface area (Å²) in [4.78, 5) is 15.9. The van der Waals surface area contributed by atoms with Crippen molar-refractivity contribution >= 4 is 14.3 Å². The molecule has 13 heavy (non-hydrogen) atoms. The lowest BCUT2D eigenvalue weighted by Gasteiger charge is -2.14. The van der Waals surface area contributed by atoms with E-state index in [0.29, 0.717) is 5.57 Å². The molecule has 0 spiro atoms. The third kappa shape index (κ3) is 6.54. The molecule has 0 aliphatic heterocycles. The summed E-state index contributed by atoms with van der Waals surface area (Å²) >= 11 is 0. The summed E-state index contributed by atoms with van der Waals surface area (Å²) in [5.41, 5.74) is 0.598. The van der Waals surface area contributed by atoms with Crippen molar-refractivity contribution in [3.63, 3.8) is 0 Å². The second-order valence-electron chi connectivity index (χ2n) is 3.86. The Kier molecular flexibility index (Phi) is 4.94. The molecule has 0 atom stereocenters. The first-order chi connectivity index (χ1) is 5.87. The number of allylic oxidation sites excluding steroid dienone is 1. The Labute approximate surface area is 80.8 Å². The van der Waals surface area contributed by atoms with Crippen molar-refractivity contribution in [3.8, 4) is 0 Å². The predicted octanol–water partition coefficient (Wildman–Crippen LogP) is 2.65. The first-order valence-electron chi connectivity index (χ1n) is 4.43. The maximum Gasteiger partial charge on any atom is 0.367 e. The van der Waals surface area contributed by atoms with Crippen molar-refractivity contribution < 1.29 is 14.3 Å². The van der Waals surface area contributed by atoms with E-state index in [-0.39, 0.29) is 5.97 Å². The second kappa shape index (κ2) is 5.19. The van der Waals surface area contributed by atoms with Gasteiger partial charge >= 0.3 is 5.97 Å². The first-order valence-corrected chi connectivity index (χ1v) is 7.84. The lowest BCUT2D eigenvalue weighted by molar-refractivity contribution is -0.214. The molecule has 4 heteroatoms. The van der Waals surface area contributed by atoms with Gasteiger partial charge in [-0.3, -0.25) is 0 Å². The highest BCUT2D eigenvalue weighted by Crippen LogP contribution is 2.06. The van der Waals surface area contributed by atoms with E-state index in [1.165, 1.54) is 0 Å². The van der Waals surface area contributed by atoms with Gasteiger partial charge in [-0.15, -0.1) is 0 Å². The minimum absolute atomic E-state index is 0.385. The Morgan fingerprint density at radius 3 is 2.31 bits per heavy atom. The van der Waals surface area contributed by atoms with Crippen LogP contribution in [0.15, 0.2) is 11.6 Å². The smallest absolute Gasteiger partial charge is 0.305 e. The molecule has 0 aromatic rings. The number of hydrogen-bond acceptors (Lipinski definition) is 3. The average Bonchev–Trinajstić information content (AvgIpc) is 1.99. The molecule has 0 amide bonds. The molecule has 0 heterocycles. The van der Waals surface area contributed by atoms with E-state index in [0.717, 1.165) is 6.42 Å². The van der Waals surface area contributed by atoms with Crippen LogP contribution in [0.4, 0.5) is 0 Å². The topological polar surface area (TPSA) is 35.5 Å². The highest BCUT2D eigenvalue weighted by atomic mass is 28.4. The highest BCUT2D eigenvalue weighted by molar-refractivity contribution is 6.69. The minimum atomic E-state index is -1.76. The molecule has 0 saturated heterocycles. The molecule has 76 valence electrons. The van der Waals surface area contributed by atoms with Crippen LogP contribution in [0.3, 0.4) is 0 Å². The molecule has 0 aromatic carbocycles. The lowest BCUT2D eigenvalue weighted by Crippen LogP contribution is -2.27. The largest absolute Gasteiger partial charge is 0.367 e. The van der Waals surface area contributed by atoms with Crippen LogP contribution in [-0.4, -0.2) is 14.3 Å². The van der Waals surface area contributed by atoms with E-state index in [1.807, 2.05) is 32.6 Å². The third-order valence-electron chi connectivity index (χ3n) is 1.20. The van der Waals surface area contributed by atoms with E-state index < -0.39 is 8.32 Å². The summed E-state index contributed by atoms with van der Waals surface area (Å²) in [6, 6.07) is 0. The van der Waals surface area contributed by atoms with Gasteiger partial charge in [-0.25, -0.2) is 9.37 Å². The number of rotatable bonds is 4. The molecule has 0 aliphatic rings. The first kappa shape index (κ1) is 12.4. The van der Waals surface area contributed by atoms with Crippen LogP contribution >= 0.6 is 0 Å². The van der Waals surface area contributed by atoms with Gasteiger partial charge in [0, 0.05) is 5.57 Å². The summed E-state index contributed by atoms with van der Waals surface area (Å²) in [7, 11) is -1.76. The molecule has 0 unspecified atom stereocenters. The Morgan fingerprint density at radius 2 is 1.92 bits per heavy atom. The number of hydrogen-bond donors (Lipinski definition) is 0. The maximum atomic E-state index is 11.2. The van der Waals surface area contributed by atoms with Gasteiger partial charge in [0.1, 0.15) is 0 Å². The molecular weight excluding hydrogens is 184 g/mol. The fraction of sp³-hybridized carbons (Fsp3) is 0.667. The van der Waals surface area contributed by atoms with Gasteiger partial charge in [-0.05, 0) is 33.0 Å². The zero-order valence-electron chi connectivity index (χ0n) is 9.01. The van der Waals surface area contributed by atoms with E-state index in [1.54, 1.807) is 6.92 Å². The van der Waals surface area contributed by atoms with E-state index in [9.17, 15) is 4.79 Å². The molecule has 3 nitrogen and oxygen atoms in total. The average molecular weight is 202 g/mol. The van der Waals surface area contributed by atoms with Gasteiger partial charge in [-0.1, -0.05) is 13.0 Å². The van der Waals surface area contributed by atoms with E-state index in [4.69, 9.17) is 4.58 Å². The summed E-state index contributed by atoms with van der Waals surface area (Å²) in [5, 5.41) is 0. The minimum Gasteiger partial charge on any atom is -0.305 e. The van der Waals surface area contributed by atoms with Gasteiger partial charge in [0.25, 0.3) is 0 Å². The van der Waals surface area contributed by atoms with Gasteiger partial charge in [0.2, 0.25) is 8.32 Å². The van der Waals surface area contributed by atoms with Gasteiger partial charge in [0.05, 0.1) is 0 Å². The van der Waals surface area contributed by atoms with Crippen LogP contribution in [0.1, 0.15) is 20.3 Å². The predicted molar refractivity (Wildman–Crippen MR) is 54.6 cm³/mol. The molecule has 0 aromatic heterocycles. The van der Waals surface area contributed by atoms with Crippen LogP contribution in [0.2, 0.25) is 19.6 Å². The summed E-state index contributed by atoms with van der Waals surface area (Å²) in [6.45, 7) is 9.56. The Hall–Kier alpha value is -0.613. The molecule has 0 aliphatic carbocycles. The Balaban J connectivity index is 3.96. The van der Waals surface area contributed by atoms with Crippen molar-refractivity contribution in [2.45, 2.75) is 39.9 Å². The molecule has 0 bridgehead atoms. The molecule has 0 fully saturated rings. The van der Waals surface area contributed by atoms with Crippen molar-refractivity contribution in [2.24, 2.45) is 0 Å². The van der Waals surface area contributed by atoms with Gasteiger partial charge in [-0.2, -0.15) is 0 Å². The standard InChI is InChI=1S/C9H18O3Si/c1-6-7-8(2)9(10)11-12-13(3,4)5/h7H,6H2,1-5H3. The maximum absolute atomic E-state index is 11.2. The monoisotopic (exact) mass is 202 g/mol. The Morgan fingerprint density at radius 1 is 1.38 bits per heavy atom. The number of carbonyl (C=O) groups excluding carboxylic acids is 1. The van der Waals surface area contributed by atoms with Crippen molar-refractivity contribution in [2.75, 3.05) is 0 Å². The van der Waals surface area contributed by atoms with Gasteiger partial charge < -0.3 is 4.89 Å². The number of carbonyl (C=O) groups is 1. The van der Waals surface area contributed by atoms with Crippen LogP contribution in [0, 0.1) is 0 Å². The van der Waals surface area contributed by atoms with Crippen LogP contribution in [-0.2, 0) is 14.3 Å². The zero-order chi connectivity index (χ0) is 10.5. The third-order valence-corrected chi connectivity index (χ3v) is 1.78. The molecular formula is C9H18O3Si. The molecule has 0 N–H and O–H groups in total. The van der Waals surface area contributed by atoms with E-state index >= 15 is 0 Å². The van der Waals surface area contributed by atoms with Crippen LogP contribution < -0.4 is 0 Å². The lowest BCUT2D eigenvalue weighted by atomic mass is 10.2. The molecule has 0 radical (unpaired) electrons.